The minimum atomic E-state index is 1.15. The van der Waals surface area contributed by atoms with Crippen LogP contribution in [0, 0.1) is 0 Å². The molecule has 56 heavy (non-hydrogen) atoms. The Bertz CT molecular complexity index is 3650. The van der Waals surface area contributed by atoms with Gasteiger partial charge in [-0.1, -0.05) is 140 Å². The molecule has 2 aromatic heterocycles. The second kappa shape index (κ2) is 11.1. The summed E-state index contributed by atoms with van der Waals surface area (Å²) in [4.78, 5) is 0. The average Bonchev–Trinajstić information content (AvgIpc) is 3.90. The molecule has 2 heterocycles. The molecular weight excluding hydrogens is 677 g/mol. The van der Waals surface area contributed by atoms with E-state index < -0.39 is 0 Å². The molecule has 1 aliphatic carbocycles. The Balaban J connectivity index is 1.04. The highest BCUT2D eigenvalue weighted by Gasteiger charge is 2.23. The molecule has 0 unspecified atom stereocenters. The highest BCUT2D eigenvalue weighted by molar-refractivity contribution is 6.26. The molecule has 1 aliphatic rings. The van der Waals surface area contributed by atoms with Gasteiger partial charge in [0.15, 0.2) is 0 Å². The van der Waals surface area contributed by atoms with Crippen molar-refractivity contribution in [2.75, 3.05) is 0 Å². The molecule has 2 heteroatoms. The van der Waals surface area contributed by atoms with E-state index in [-0.39, 0.29) is 0 Å². The van der Waals surface area contributed by atoms with Crippen LogP contribution in [0.15, 0.2) is 194 Å². The first-order valence-corrected chi connectivity index (χ1v) is 19.4. The maximum atomic E-state index is 2.50. The van der Waals surface area contributed by atoms with E-state index in [1.165, 1.54) is 109 Å². The van der Waals surface area contributed by atoms with Gasteiger partial charge in [-0.15, -0.1) is 0 Å². The van der Waals surface area contributed by atoms with E-state index in [0.717, 1.165) is 11.4 Å². The number of para-hydroxylation sites is 1. The zero-order valence-electron chi connectivity index (χ0n) is 30.4. The first kappa shape index (κ1) is 30.0. The van der Waals surface area contributed by atoms with E-state index in [0.29, 0.717) is 0 Å². The van der Waals surface area contributed by atoms with Crippen molar-refractivity contribution in [1.82, 2.24) is 9.13 Å². The van der Waals surface area contributed by atoms with Crippen LogP contribution in [-0.2, 0) is 0 Å². The molecule has 0 radical (unpaired) electrons. The van der Waals surface area contributed by atoms with E-state index in [1.54, 1.807) is 0 Å². The van der Waals surface area contributed by atoms with Gasteiger partial charge in [0.1, 0.15) is 0 Å². The van der Waals surface area contributed by atoms with Crippen LogP contribution in [0.2, 0.25) is 0 Å². The number of aromatic nitrogens is 2. The molecular formula is C54H32N2. The van der Waals surface area contributed by atoms with Crippen molar-refractivity contribution in [2.45, 2.75) is 0 Å². The van der Waals surface area contributed by atoms with E-state index >= 15 is 0 Å². The molecule has 0 amide bonds. The number of rotatable bonds is 3. The molecule has 0 saturated carbocycles. The summed E-state index contributed by atoms with van der Waals surface area (Å²) < 4.78 is 4.94. The first-order valence-electron chi connectivity index (χ1n) is 19.4. The molecule has 0 fully saturated rings. The van der Waals surface area contributed by atoms with E-state index in [9.17, 15) is 0 Å². The van der Waals surface area contributed by atoms with Crippen molar-refractivity contribution in [3.8, 4) is 44.8 Å². The summed E-state index contributed by atoms with van der Waals surface area (Å²) in [6.45, 7) is 0. The number of nitrogens with zero attached hydrogens (tertiary/aromatic N) is 2. The predicted molar refractivity (Wildman–Crippen MR) is 238 cm³/mol. The summed E-state index contributed by atoms with van der Waals surface area (Å²) in [6.07, 6.45) is 0. The molecule has 0 aliphatic heterocycles. The fourth-order valence-corrected chi connectivity index (χ4v) is 10.0. The van der Waals surface area contributed by atoms with Gasteiger partial charge in [0.25, 0.3) is 0 Å². The maximum absolute atomic E-state index is 2.50. The Morgan fingerprint density at radius 3 is 1.80 bits per heavy atom. The Kier molecular flexibility index (Phi) is 5.92. The van der Waals surface area contributed by atoms with Crippen LogP contribution in [0.25, 0.3) is 121 Å². The summed E-state index contributed by atoms with van der Waals surface area (Å²) in [5.41, 5.74) is 14.9. The molecule has 0 atom stereocenters. The van der Waals surface area contributed by atoms with E-state index in [4.69, 9.17) is 0 Å². The summed E-state index contributed by atoms with van der Waals surface area (Å²) in [5, 5.41) is 12.8. The van der Waals surface area contributed by atoms with Gasteiger partial charge in [-0.3, -0.25) is 0 Å². The van der Waals surface area contributed by atoms with Crippen molar-refractivity contribution >= 4 is 75.9 Å². The van der Waals surface area contributed by atoms with E-state index in [2.05, 4.69) is 203 Å². The van der Waals surface area contributed by atoms with Crippen LogP contribution < -0.4 is 0 Å². The third-order valence-electron chi connectivity index (χ3n) is 12.4. The predicted octanol–water partition coefficient (Wildman–Crippen LogP) is 14.7. The van der Waals surface area contributed by atoms with Gasteiger partial charge in [-0.25, -0.2) is 0 Å². The fourth-order valence-electron chi connectivity index (χ4n) is 10.0. The van der Waals surface area contributed by atoms with Gasteiger partial charge >= 0.3 is 0 Å². The number of hydrogen-bond donors (Lipinski definition) is 0. The zero-order valence-corrected chi connectivity index (χ0v) is 30.4. The minimum absolute atomic E-state index is 1.15. The lowest BCUT2D eigenvalue weighted by atomic mass is 9.96. The molecule has 13 rings (SSSR count). The largest absolute Gasteiger partial charge is 0.309 e. The van der Waals surface area contributed by atoms with Crippen LogP contribution in [0.4, 0.5) is 0 Å². The van der Waals surface area contributed by atoms with Crippen molar-refractivity contribution in [2.24, 2.45) is 0 Å². The van der Waals surface area contributed by atoms with Gasteiger partial charge in [0, 0.05) is 38.3 Å². The highest BCUT2D eigenvalue weighted by atomic mass is 15.0. The second-order valence-electron chi connectivity index (χ2n) is 15.3. The van der Waals surface area contributed by atoms with Gasteiger partial charge in [-0.05, 0) is 115 Å². The lowest BCUT2D eigenvalue weighted by molar-refractivity contribution is 1.17. The van der Waals surface area contributed by atoms with Gasteiger partial charge < -0.3 is 9.13 Å². The van der Waals surface area contributed by atoms with Gasteiger partial charge in [0.2, 0.25) is 0 Å². The van der Waals surface area contributed by atoms with Crippen molar-refractivity contribution < 1.29 is 0 Å². The molecule has 0 saturated heterocycles. The second-order valence-corrected chi connectivity index (χ2v) is 15.3. The number of hydrogen-bond acceptors (Lipinski definition) is 0. The monoisotopic (exact) mass is 708 g/mol. The lowest BCUT2D eigenvalue weighted by Crippen LogP contribution is -1.96. The first-order chi connectivity index (χ1) is 27.8. The normalized spacial score (nSPS) is 12.3. The van der Waals surface area contributed by atoms with Crippen LogP contribution in [-0.4, -0.2) is 9.13 Å². The Morgan fingerprint density at radius 2 is 0.911 bits per heavy atom. The summed E-state index contributed by atoms with van der Waals surface area (Å²) in [7, 11) is 0. The summed E-state index contributed by atoms with van der Waals surface area (Å²) in [6, 6.07) is 72.0. The molecule has 12 aromatic rings. The van der Waals surface area contributed by atoms with E-state index in [1.807, 2.05) is 0 Å². The Morgan fingerprint density at radius 1 is 0.268 bits per heavy atom. The standard InChI is InChI=1S/C54H32N2/c1-3-16-40-33(11-1)24-27-51-53(40)46-26-23-34-12-2-4-17-41(34)54(46)56(51)39-25-28-50-47(32-39)44-20-7-8-22-49(44)55(50)38-15-9-13-35(30-38)37-29-36-14-10-21-45-42-18-5-6-19-43(42)48(31-37)52(36)45/h1-32H. The van der Waals surface area contributed by atoms with Crippen molar-refractivity contribution in [1.29, 1.82) is 0 Å². The summed E-state index contributed by atoms with van der Waals surface area (Å²) in [5.74, 6) is 0. The maximum Gasteiger partial charge on any atom is 0.0619 e. The van der Waals surface area contributed by atoms with Crippen molar-refractivity contribution in [3.05, 3.63) is 194 Å². The van der Waals surface area contributed by atoms with Crippen LogP contribution >= 0.6 is 0 Å². The molecule has 2 nitrogen and oxygen atoms in total. The molecule has 0 N–H and O–H groups in total. The fraction of sp³-hybridized carbons (Fsp3) is 0. The number of benzene rings is 10. The number of fused-ring (bicyclic) bond motifs is 13. The Hall–Kier alpha value is -7.42. The molecule has 0 bridgehead atoms. The lowest BCUT2D eigenvalue weighted by Gasteiger charge is -2.13. The van der Waals surface area contributed by atoms with Crippen LogP contribution in [0.1, 0.15) is 0 Å². The van der Waals surface area contributed by atoms with Crippen LogP contribution in [0.5, 0.6) is 0 Å². The molecule has 0 spiro atoms. The highest BCUT2D eigenvalue weighted by Crippen LogP contribution is 2.49. The smallest absolute Gasteiger partial charge is 0.0619 e. The van der Waals surface area contributed by atoms with Crippen LogP contribution in [0.3, 0.4) is 0 Å². The third kappa shape index (κ3) is 4.00. The molecule has 258 valence electrons. The van der Waals surface area contributed by atoms with Gasteiger partial charge in [-0.2, -0.15) is 0 Å². The minimum Gasteiger partial charge on any atom is -0.309 e. The average molecular weight is 709 g/mol. The molecule has 10 aromatic carbocycles. The Labute approximate surface area is 322 Å². The van der Waals surface area contributed by atoms with Gasteiger partial charge in [0.05, 0.1) is 22.1 Å². The summed E-state index contributed by atoms with van der Waals surface area (Å²) >= 11 is 0. The zero-order chi connectivity index (χ0) is 36.5. The SMILES string of the molecule is c1cc(-c2cc3c4c(cccc4c2)-c2ccccc2-3)cc(-n2c3ccccc3c3cc(-n4c5ccc6ccccc6c5c5ccc6ccccc6c54)ccc32)c1. The van der Waals surface area contributed by atoms with Crippen molar-refractivity contribution in [3.63, 3.8) is 0 Å². The topological polar surface area (TPSA) is 9.86 Å². The third-order valence-corrected chi connectivity index (χ3v) is 12.4. The quantitative estimate of drug-likeness (QED) is 0.173.